The number of nitrogens with one attached hydrogen (secondary N) is 1. The molecule has 0 saturated carbocycles. The van der Waals surface area contributed by atoms with Crippen LogP contribution in [0.2, 0.25) is 0 Å². The molecule has 7 heteroatoms. The number of methoxy groups -OCH3 is 1. The largest absolute Gasteiger partial charge is 0.497 e. The second-order valence-corrected chi connectivity index (χ2v) is 6.48. The van der Waals surface area contributed by atoms with E-state index in [0.717, 1.165) is 36.7 Å². The fourth-order valence-electron chi connectivity index (χ4n) is 2.48. The van der Waals surface area contributed by atoms with Crippen LogP contribution in [0.1, 0.15) is 6.42 Å². The molecule has 3 rings (SSSR count). The lowest BCUT2D eigenvalue weighted by Gasteiger charge is -2.21. The lowest BCUT2D eigenvalue weighted by atomic mass is 10.2. The van der Waals surface area contributed by atoms with Crippen molar-refractivity contribution in [2.75, 3.05) is 37.0 Å². The summed E-state index contributed by atoms with van der Waals surface area (Å²) in [6, 6.07) is 7.38. The van der Waals surface area contributed by atoms with Crippen molar-refractivity contribution >= 4 is 23.5 Å². The van der Waals surface area contributed by atoms with Crippen LogP contribution in [0.5, 0.6) is 5.75 Å². The van der Waals surface area contributed by atoms with Gasteiger partial charge in [-0.2, -0.15) is 16.9 Å². The minimum atomic E-state index is -0.0628. The maximum atomic E-state index is 12.5. The summed E-state index contributed by atoms with van der Waals surface area (Å²) < 4.78 is 7.07. The number of rotatable bonds is 3. The van der Waals surface area contributed by atoms with E-state index in [4.69, 9.17) is 4.74 Å². The first-order valence-corrected chi connectivity index (χ1v) is 8.74. The number of urea groups is 1. The van der Waals surface area contributed by atoms with E-state index in [1.54, 1.807) is 18.0 Å². The van der Waals surface area contributed by atoms with Crippen molar-refractivity contribution in [3.8, 4) is 11.4 Å². The quantitative estimate of drug-likeness (QED) is 0.939. The Hall–Kier alpha value is -2.15. The van der Waals surface area contributed by atoms with Crippen molar-refractivity contribution in [3.05, 3.63) is 36.7 Å². The first-order valence-electron chi connectivity index (χ1n) is 7.59. The molecule has 0 radical (unpaired) electrons. The Morgan fingerprint density at radius 1 is 1.30 bits per heavy atom. The van der Waals surface area contributed by atoms with E-state index in [1.165, 1.54) is 0 Å². The molecule has 1 aliphatic heterocycles. The van der Waals surface area contributed by atoms with Gasteiger partial charge in [0.2, 0.25) is 0 Å². The highest BCUT2D eigenvalue weighted by Gasteiger charge is 2.16. The van der Waals surface area contributed by atoms with Crippen molar-refractivity contribution in [3.63, 3.8) is 0 Å². The number of aromatic nitrogens is 2. The van der Waals surface area contributed by atoms with Crippen LogP contribution in [0.4, 0.5) is 10.5 Å². The normalized spacial score (nSPS) is 15.1. The Morgan fingerprint density at radius 2 is 2.22 bits per heavy atom. The summed E-state index contributed by atoms with van der Waals surface area (Å²) in [5, 5.41) is 7.19. The maximum Gasteiger partial charge on any atom is 0.321 e. The zero-order valence-corrected chi connectivity index (χ0v) is 13.9. The highest BCUT2D eigenvalue weighted by atomic mass is 32.2. The van der Waals surface area contributed by atoms with E-state index in [-0.39, 0.29) is 6.03 Å². The summed E-state index contributed by atoms with van der Waals surface area (Å²) in [6.45, 7) is 1.58. The number of nitrogens with zero attached hydrogens (tertiary/aromatic N) is 3. The van der Waals surface area contributed by atoms with E-state index in [1.807, 2.05) is 47.1 Å². The van der Waals surface area contributed by atoms with E-state index >= 15 is 0 Å². The van der Waals surface area contributed by atoms with Crippen LogP contribution in [0, 0.1) is 0 Å². The van der Waals surface area contributed by atoms with E-state index in [0.29, 0.717) is 11.4 Å². The molecule has 23 heavy (non-hydrogen) atoms. The smallest absolute Gasteiger partial charge is 0.321 e. The summed E-state index contributed by atoms with van der Waals surface area (Å²) in [7, 11) is 1.61. The zero-order valence-electron chi connectivity index (χ0n) is 13.1. The monoisotopic (exact) mass is 332 g/mol. The highest BCUT2D eigenvalue weighted by molar-refractivity contribution is 7.99. The molecule has 1 N–H and O–H groups in total. The summed E-state index contributed by atoms with van der Waals surface area (Å²) in [5.41, 5.74) is 1.55. The second kappa shape index (κ2) is 7.41. The fourth-order valence-corrected chi connectivity index (χ4v) is 3.37. The van der Waals surface area contributed by atoms with E-state index < -0.39 is 0 Å². The minimum absolute atomic E-state index is 0.0628. The molecule has 2 heterocycles. The first-order chi connectivity index (χ1) is 11.3. The lowest BCUT2D eigenvalue weighted by molar-refractivity contribution is 0.216. The number of carbonyl (C=O) groups is 1. The molecular formula is C16H20N4O2S. The van der Waals surface area contributed by atoms with Gasteiger partial charge in [-0.25, -0.2) is 9.48 Å². The average Bonchev–Trinajstić information content (AvgIpc) is 2.97. The summed E-state index contributed by atoms with van der Waals surface area (Å²) in [6.07, 6.45) is 4.60. The van der Waals surface area contributed by atoms with Gasteiger partial charge in [0.1, 0.15) is 5.75 Å². The fraction of sp³-hybridized carbons (Fsp3) is 0.375. The van der Waals surface area contributed by atoms with Gasteiger partial charge in [-0.1, -0.05) is 0 Å². The predicted octanol–water partition coefficient (Wildman–Crippen LogP) is 2.85. The van der Waals surface area contributed by atoms with Gasteiger partial charge in [-0.3, -0.25) is 0 Å². The molecule has 1 fully saturated rings. The number of thioether (sulfide) groups is 1. The van der Waals surface area contributed by atoms with Crippen LogP contribution >= 0.6 is 11.8 Å². The number of carbonyl (C=O) groups excluding carboxylic acids is 1. The zero-order chi connectivity index (χ0) is 16.1. The molecule has 0 spiro atoms. The molecule has 6 nitrogen and oxygen atoms in total. The maximum absolute atomic E-state index is 12.5. The molecule has 0 unspecified atom stereocenters. The Bertz CT molecular complexity index is 652. The van der Waals surface area contributed by atoms with Gasteiger partial charge < -0.3 is 15.0 Å². The highest BCUT2D eigenvalue weighted by Crippen LogP contribution is 2.23. The number of benzene rings is 1. The Kier molecular flexibility index (Phi) is 5.07. The van der Waals surface area contributed by atoms with Crippen LogP contribution < -0.4 is 10.1 Å². The van der Waals surface area contributed by atoms with Gasteiger partial charge in [-0.15, -0.1) is 0 Å². The molecule has 122 valence electrons. The van der Waals surface area contributed by atoms with Crippen LogP contribution in [0.15, 0.2) is 36.7 Å². The minimum Gasteiger partial charge on any atom is -0.497 e. The predicted molar refractivity (Wildman–Crippen MR) is 92.6 cm³/mol. The van der Waals surface area contributed by atoms with Crippen molar-refractivity contribution in [2.24, 2.45) is 0 Å². The third-order valence-electron chi connectivity index (χ3n) is 3.66. The van der Waals surface area contributed by atoms with E-state index in [2.05, 4.69) is 10.4 Å². The molecule has 1 aliphatic rings. The average molecular weight is 332 g/mol. The molecule has 0 atom stereocenters. The van der Waals surface area contributed by atoms with Gasteiger partial charge in [0.25, 0.3) is 0 Å². The Balaban J connectivity index is 1.78. The van der Waals surface area contributed by atoms with Crippen molar-refractivity contribution < 1.29 is 9.53 Å². The molecule has 1 aromatic carbocycles. The van der Waals surface area contributed by atoms with Crippen molar-refractivity contribution in [1.29, 1.82) is 0 Å². The van der Waals surface area contributed by atoms with Gasteiger partial charge in [0.15, 0.2) is 0 Å². The number of hydrogen-bond acceptors (Lipinski definition) is 4. The lowest BCUT2D eigenvalue weighted by Crippen LogP contribution is -2.36. The summed E-state index contributed by atoms with van der Waals surface area (Å²) in [4.78, 5) is 14.3. The molecule has 0 aliphatic carbocycles. The van der Waals surface area contributed by atoms with Gasteiger partial charge in [0, 0.05) is 49.1 Å². The molecule has 0 bridgehead atoms. The topological polar surface area (TPSA) is 59.4 Å². The Morgan fingerprint density at radius 3 is 3.00 bits per heavy atom. The number of ether oxygens (including phenoxy) is 1. The molecule has 2 aromatic rings. The number of anilines is 1. The second-order valence-electron chi connectivity index (χ2n) is 5.25. The van der Waals surface area contributed by atoms with Crippen LogP contribution in [0.25, 0.3) is 5.69 Å². The van der Waals surface area contributed by atoms with Gasteiger partial charge >= 0.3 is 6.03 Å². The van der Waals surface area contributed by atoms with Crippen LogP contribution in [0.3, 0.4) is 0 Å². The summed E-state index contributed by atoms with van der Waals surface area (Å²) in [5.74, 6) is 2.79. The number of amides is 2. The molecule has 1 aromatic heterocycles. The third kappa shape index (κ3) is 3.98. The Labute approximate surface area is 139 Å². The SMILES string of the molecule is COc1cc(NC(=O)N2CCCSCC2)cc(-n2cccn2)c1. The van der Waals surface area contributed by atoms with Crippen molar-refractivity contribution in [1.82, 2.24) is 14.7 Å². The van der Waals surface area contributed by atoms with Crippen LogP contribution in [-0.2, 0) is 0 Å². The number of hydrogen-bond donors (Lipinski definition) is 1. The molecule has 1 saturated heterocycles. The first kappa shape index (κ1) is 15.7. The van der Waals surface area contributed by atoms with Gasteiger partial charge in [0.05, 0.1) is 12.8 Å². The summed E-state index contributed by atoms with van der Waals surface area (Å²) >= 11 is 1.90. The van der Waals surface area contributed by atoms with Crippen LogP contribution in [-0.4, -0.2) is 52.4 Å². The molecular weight excluding hydrogens is 312 g/mol. The molecule has 2 amide bonds. The van der Waals surface area contributed by atoms with E-state index in [9.17, 15) is 4.79 Å². The van der Waals surface area contributed by atoms with Gasteiger partial charge in [-0.05, 0) is 24.3 Å². The van der Waals surface area contributed by atoms with Crippen molar-refractivity contribution in [2.45, 2.75) is 6.42 Å². The third-order valence-corrected chi connectivity index (χ3v) is 4.71. The standard InChI is InChI=1S/C16H20N4O2S/c1-22-15-11-13(10-14(12-15)20-6-2-4-17-20)18-16(21)19-5-3-8-23-9-7-19/h2,4,6,10-12H,3,5,7-9H2,1H3,(H,18,21).